The lowest BCUT2D eigenvalue weighted by Gasteiger charge is -2.18. The van der Waals surface area contributed by atoms with E-state index in [2.05, 4.69) is 118 Å². The molecule has 0 fully saturated rings. The predicted octanol–water partition coefficient (Wildman–Crippen LogP) is 23.6. The Morgan fingerprint density at radius 2 is 0.487 bits per heavy atom. The van der Waals surface area contributed by atoms with Gasteiger partial charge in [0.05, 0.1) is 0 Å². The fraction of sp³-hybridized carbons (Fsp3) is 0.743. The molecule has 0 amide bonds. The first-order valence-electron chi connectivity index (χ1n) is 34.2. The molecule has 0 aromatic carbocycles. The molecule has 0 radical (unpaired) electrons. The Balaban J connectivity index is 4.21. The summed E-state index contributed by atoms with van der Waals surface area (Å²) in [4.78, 5) is 38.3. The quantitative estimate of drug-likeness (QED) is 0.0261. The SMILES string of the molecule is CC/C=C\C/C=C\C/C=C\C/C=C\C/C=C\C/C=C\C/C=C\CCCCCCCCCCCCCC(=O)OCC(COC(=O)CCCCCCC/C=C\CCCCCC)OC(=O)CCCCCCCCCCCCCCCCCC. The summed E-state index contributed by atoms with van der Waals surface area (Å²) in [6.45, 7) is 6.54. The molecular formula is C74H128O6. The largest absolute Gasteiger partial charge is 0.462 e. The second kappa shape index (κ2) is 67.8. The molecule has 0 heterocycles. The molecule has 1 atom stereocenters. The lowest BCUT2D eigenvalue weighted by molar-refractivity contribution is -0.167. The third-order valence-electron chi connectivity index (χ3n) is 14.8. The number of allylic oxidation sites excluding steroid dienone is 16. The standard InChI is InChI=1S/C74H128O6/c1-4-7-10-13-16-19-22-25-27-29-30-31-32-33-34-35-36-37-38-39-40-41-42-43-44-45-47-49-52-55-58-61-64-67-73(76)79-70-71(69-78-72(75)66-63-60-57-54-51-48-24-21-18-15-12-9-6-3)80-74(77)68-65-62-59-56-53-50-46-28-26-23-20-17-14-11-8-5-2/h7,10,16,19,21,24-25,27,30-31,33-34,36-37,39-40,71H,4-6,8-9,11-15,17-18,20,22-23,26,28-29,32,35,38,41-70H2,1-3H3/b10-7-,19-16-,24-21-,27-25-,31-30-,34-33-,37-36-,40-39-. The normalized spacial score (nSPS) is 12.7. The van der Waals surface area contributed by atoms with Crippen molar-refractivity contribution in [2.24, 2.45) is 0 Å². The van der Waals surface area contributed by atoms with E-state index < -0.39 is 6.10 Å². The van der Waals surface area contributed by atoms with Crippen molar-refractivity contribution in [3.63, 3.8) is 0 Å². The van der Waals surface area contributed by atoms with Gasteiger partial charge in [0, 0.05) is 19.3 Å². The van der Waals surface area contributed by atoms with Gasteiger partial charge in [-0.3, -0.25) is 14.4 Å². The minimum Gasteiger partial charge on any atom is -0.462 e. The van der Waals surface area contributed by atoms with Crippen LogP contribution in [0.25, 0.3) is 0 Å². The van der Waals surface area contributed by atoms with Gasteiger partial charge in [-0.15, -0.1) is 0 Å². The molecule has 0 aliphatic heterocycles. The van der Waals surface area contributed by atoms with Crippen LogP contribution >= 0.6 is 0 Å². The summed E-state index contributed by atoms with van der Waals surface area (Å²) in [6.07, 6.45) is 91.4. The molecule has 0 aromatic rings. The van der Waals surface area contributed by atoms with Gasteiger partial charge in [-0.25, -0.2) is 0 Å². The van der Waals surface area contributed by atoms with Crippen molar-refractivity contribution in [3.05, 3.63) is 97.2 Å². The number of esters is 3. The number of hydrogen-bond acceptors (Lipinski definition) is 6. The van der Waals surface area contributed by atoms with Crippen molar-refractivity contribution < 1.29 is 28.6 Å². The topological polar surface area (TPSA) is 78.9 Å². The first-order valence-corrected chi connectivity index (χ1v) is 34.2. The van der Waals surface area contributed by atoms with Crippen molar-refractivity contribution >= 4 is 17.9 Å². The van der Waals surface area contributed by atoms with Crippen LogP contribution in [0.4, 0.5) is 0 Å². The van der Waals surface area contributed by atoms with Crippen LogP contribution in [-0.2, 0) is 28.6 Å². The first-order chi connectivity index (χ1) is 39.5. The van der Waals surface area contributed by atoms with Crippen molar-refractivity contribution in [1.82, 2.24) is 0 Å². The lowest BCUT2D eigenvalue weighted by atomic mass is 10.0. The van der Waals surface area contributed by atoms with Crippen LogP contribution in [0.5, 0.6) is 0 Å². The van der Waals surface area contributed by atoms with E-state index in [1.54, 1.807) is 0 Å². The molecule has 0 N–H and O–H groups in total. The molecule has 0 aliphatic rings. The summed E-state index contributed by atoms with van der Waals surface area (Å²) >= 11 is 0. The third-order valence-corrected chi connectivity index (χ3v) is 14.8. The maximum absolute atomic E-state index is 12.9. The van der Waals surface area contributed by atoms with E-state index in [1.807, 2.05) is 0 Å². The van der Waals surface area contributed by atoms with E-state index in [-0.39, 0.29) is 31.1 Å². The summed E-state index contributed by atoms with van der Waals surface area (Å²) in [5.74, 6) is -0.873. The Morgan fingerprint density at radius 1 is 0.263 bits per heavy atom. The zero-order valence-corrected chi connectivity index (χ0v) is 52.8. The van der Waals surface area contributed by atoms with E-state index in [0.29, 0.717) is 19.3 Å². The van der Waals surface area contributed by atoms with E-state index >= 15 is 0 Å². The van der Waals surface area contributed by atoms with E-state index in [4.69, 9.17) is 14.2 Å². The number of carbonyl (C=O) groups excluding carboxylic acids is 3. The van der Waals surface area contributed by atoms with Crippen molar-refractivity contribution in [2.45, 2.75) is 341 Å². The van der Waals surface area contributed by atoms with Crippen LogP contribution in [0.1, 0.15) is 335 Å². The maximum atomic E-state index is 12.9. The van der Waals surface area contributed by atoms with Gasteiger partial charge < -0.3 is 14.2 Å². The van der Waals surface area contributed by atoms with Crippen LogP contribution < -0.4 is 0 Å². The Bertz CT molecular complexity index is 1560. The monoisotopic (exact) mass is 1110 g/mol. The minimum absolute atomic E-state index is 0.0776. The van der Waals surface area contributed by atoms with Gasteiger partial charge in [0.1, 0.15) is 13.2 Å². The summed E-state index contributed by atoms with van der Waals surface area (Å²) in [5.41, 5.74) is 0. The zero-order valence-electron chi connectivity index (χ0n) is 52.8. The first kappa shape index (κ1) is 76.3. The Kier molecular flexibility index (Phi) is 64.7. The Labute approximate surface area is 496 Å². The highest BCUT2D eigenvalue weighted by molar-refractivity contribution is 5.71. The van der Waals surface area contributed by atoms with Crippen LogP contribution in [0.3, 0.4) is 0 Å². The number of hydrogen-bond donors (Lipinski definition) is 0. The van der Waals surface area contributed by atoms with Gasteiger partial charge in [0.2, 0.25) is 0 Å². The fourth-order valence-electron chi connectivity index (χ4n) is 9.71. The van der Waals surface area contributed by atoms with Gasteiger partial charge in [0.25, 0.3) is 0 Å². The molecule has 0 bridgehead atoms. The Morgan fingerprint density at radius 3 is 0.787 bits per heavy atom. The minimum atomic E-state index is -0.780. The summed E-state index contributed by atoms with van der Waals surface area (Å²) in [6, 6.07) is 0. The molecule has 0 saturated heterocycles. The van der Waals surface area contributed by atoms with Crippen molar-refractivity contribution in [1.29, 1.82) is 0 Å². The molecule has 0 rings (SSSR count). The average Bonchev–Trinajstić information content (AvgIpc) is 3.46. The highest BCUT2D eigenvalue weighted by atomic mass is 16.6. The second-order valence-electron chi connectivity index (χ2n) is 22.7. The molecule has 1 unspecified atom stereocenters. The van der Waals surface area contributed by atoms with Crippen LogP contribution in [0.2, 0.25) is 0 Å². The zero-order chi connectivity index (χ0) is 57.8. The number of ether oxygens (including phenoxy) is 3. The lowest BCUT2D eigenvalue weighted by Crippen LogP contribution is -2.30. The number of rotatable bonds is 62. The molecule has 80 heavy (non-hydrogen) atoms. The van der Waals surface area contributed by atoms with Gasteiger partial charge >= 0.3 is 17.9 Å². The molecule has 6 nitrogen and oxygen atoms in total. The van der Waals surface area contributed by atoms with Gasteiger partial charge in [-0.1, -0.05) is 311 Å². The van der Waals surface area contributed by atoms with Crippen LogP contribution in [0.15, 0.2) is 97.2 Å². The van der Waals surface area contributed by atoms with E-state index in [9.17, 15) is 14.4 Å². The molecule has 0 aromatic heterocycles. The predicted molar refractivity (Wildman–Crippen MR) is 348 cm³/mol. The average molecular weight is 1110 g/mol. The fourth-order valence-corrected chi connectivity index (χ4v) is 9.71. The van der Waals surface area contributed by atoms with E-state index in [0.717, 1.165) is 109 Å². The van der Waals surface area contributed by atoms with Gasteiger partial charge in [-0.2, -0.15) is 0 Å². The number of carbonyl (C=O) groups is 3. The highest BCUT2D eigenvalue weighted by Crippen LogP contribution is 2.17. The van der Waals surface area contributed by atoms with Crippen LogP contribution in [0, 0.1) is 0 Å². The molecule has 6 heteroatoms. The molecule has 460 valence electrons. The molecular weight excluding hydrogens is 985 g/mol. The van der Waals surface area contributed by atoms with Crippen molar-refractivity contribution in [2.75, 3.05) is 13.2 Å². The molecule has 0 aliphatic carbocycles. The molecule has 0 spiro atoms. The second-order valence-corrected chi connectivity index (χ2v) is 22.7. The molecule has 0 saturated carbocycles. The maximum Gasteiger partial charge on any atom is 0.306 e. The number of unbranched alkanes of at least 4 members (excludes halogenated alkanes) is 35. The van der Waals surface area contributed by atoms with Crippen LogP contribution in [-0.4, -0.2) is 37.2 Å². The highest BCUT2D eigenvalue weighted by Gasteiger charge is 2.19. The smallest absolute Gasteiger partial charge is 0.306 e. The summed E-state index contributed by atoms with van der Waals surface area (Å²) in [7, 11) is 0. The Hall–Kier alpha value is -3.67. The third kappa shape index (κ3) is 65.1. The summed E-state index contributed by atoms with van der Waals surface area (Å²) < 4.78 is 16.9. The summed E-state index contributed by atoms with van der Waals surface area (Å²) in [5, 5.41) is 0. The van der Waals surface area contributed by atoms with Gasteiger partial charge in [0.15, 0.2) is 6.10 Å². The van der Waals surface area contributed by atoms with Crippen molar-refractivity contribution in [3.8, 4) is 0 Å². The van der Waals surface area contributed by atoms with Gasteiger partial charge in [-0.05, 0) is 103 Å². The van der Waals surface area contributed by atoms with E-state index in [1.165, 1.54) is 186 Å².